The van der Waals surface area contributed by atoms with E-state index < -0.39 is 9.54 Å². The molecule has 0 aromatic rings. The Morgan fingerprint density at radius 1 is 1.80 bits per heavy atom. The standard InChI is InChI=1S/CH4.H2NOS2/c;1-4(2)3/h1H4;(H2,1,2,3)/q;-1. The molecule has 0 bridgehead atoms. The molecule has 2 N–H and O–H groups in total. The summed E-state index contributed by atoms with van der Waals surface area (Å²) >= 11 is 3.87. The molecule has 0 aromatic heterocycles. The maximum atomic E-state index is 9.15. The van der Waals surface area contributed by atoms with Crippen LogP contribution in [0.15, 0.2) is 0 Å². The number of hydrogen-bond donors (Lipinski definition) is 1. The zero-order valence-electron chi connectivity index (χ0n) is 1.80. The third-order valence-electron chi connectivity index (χ3n) is 0. The number of nitrogens with two attached hydrogens (primary N) is 1. The van der Waals surface area contributed by atoms with Crippen molar-refractivity contribution < 1.29 is 4.21 Å². The Morgan fingerprint density at radius 2 is 1.80 bits per heavy atom. The molecule has 0 atom stereocenters. The highest BCUT2D eigenvalue weighted by molar-refractivity contribution is 8.20. The summed E-state index contributed by atoms with van der Waals surface area (Å²) in [5.74, 6) is 0. The lowest BCUT2D eigenvalue weighted by Crippen LogP contribution is -1.82. The van der Waals surface area contributed by atoms with E-state index in [4.69, 9.17) is 4.21 Å². The maximum absolute atomic E-state index is 9.15. The molecule has 4 heteroatoms. The van der Waals surface area contributed by atoms with Crippen LogP contribution >= 0.6 is 0 Å². The molecule has 0 aliphatic carbocycles. The summed E-state index contributed by atoms with van der Waals surface area (Å²) in [6.45, 7) is 0. The third kappa shape index (κ3) is 216. The smallest absolute Gasteiger partial charge is 0.0776 e. The van der Waals surface area contributed by atoms with Crippen LogP contribution in [-0.4, -0.2) is 0 Å². The van der Waals surface area contributed by atoms with E-state index in [0.29, 0.717) is 0 Å². The van der Waals surface area contributed by atoms with Crippen LogP contribution < -0.4 is 5.14 Å². The van der Waals surface area contributed by atoms with Gasteiger partial charge in [0.15, 0.2) is 0 Å². The summed E-state index contributed by atoms with van der Waals surface area (Å²) in [5, 5.41) is 4.40. The first kappa shape index (κ1) is 9.01. The summed E-state index contributed by atoms with van der Waals surface area (Å²) in [6.07, 6.45) is 0. The van der Waals surface area contributed by atoms with Gasteiger partial charge in [-0.05, 0) is 0 Å². The molecule has 0 saturated heterocycles. The van der Waals surface area contributed by atoms with Gasteiger partial charge in [-0.2, -0.15) is 0 Å². The van der Waals surface area contributed by atoms with E-state index in [9.17, 15) is 0 Å². The average molecular weight is 112 g/mol. The predicted octanol–water partition coefficient (Wildman–Crippen LogP) is -0.0781. The maximum Gasteiger partial charge on any atom is -0.0776 e. The molecule has 0 aliphatic heterocycles. The third-order valence-corrected chi connectivity index (χ3v) is 0. The number of rotatable bonds is 0. The van der Waals surface area contributed by atoms with E-state index in [1.807, 2.05) is 0 Å². The molecule has 0 unspecified atom stereocenters. The SMILES string of the molecule is C.N[S-](=O)=S. The lowest BCUT2D eigenvalue weighted by atomic mass is 12.0. The lowest BCUT2D eigenvalue weighted by molar-refractivity contribution is 0.604. The highest BCUT2D eigenvalue weighted by Gasteiger charge is 1.17. The molecular weight excluding hydrogens is 106 g/mol. The summed E-state index contributed by atoms with van der Waals surface area (Å²) in [5.41, 5.74) is 0. The zero-order chi connectivity index (χ0) is 3.58. The van der Waals surface area contributed by atoms with Gasteiger partial charge in [-0.1, -0.05) is 7.43 Å². The summed E-state index contributed by atoms with van der Waals surface area (Å²) in [4.78, 5) is 0. The molecule has 0 fully saturated rings. The highest BCUT2D eigenvalue weighted by atomic mass is 32.8. The lowest BCUT2D eigenvalue weighted by Gasteiger charge is -1.67. The van der Waals surface area contributed by atoms with Crippen molar-refractivity contribution in [3.8, 4) is 0 Å². The Labute approximate surface area is 38.2 Å². The normalized spacial score (nSPS) is 6.80. The van der Waals surface area contributed by atoms with Crippen molar-refractivity contribution in [2.24, 2.45) is 5.14 Å². The fraction of sp³-hybridized carbons (Fsp3) is 1.00. The van der Waals surface area contributed by atoms with Crippen LogP contribution in [0, 0.1) is 0 Å². The van der Waals surface area contributed by atoms with Gasteiger partial charge >= 0.3 is 0 Å². The van der Waals surface area contributed by atoms with E-state index in [1.165, 1.54) is 0 Å². The van der Waals surface area contributed by atoms with Crippen LogP contribution in [0.25, 0.3) is 0 Å². The molecule has 34 valence electrons. The van der Waals surface area contributed by atoms with E-state index in [0.717, 1.165) is 0 Å². The molecule has 0 radical (unpaired) electrons. The van der Waals surface area contributed by atoms with Crippen molar-refractivity contribution in [1.29, 1.82) is 0 Å². The van der Waals surface area contributed by atoms with Crippen LogP contribution in [0.1, 0.15) is 7.43 Å². The first-order valence-electron chi connectivity index (χ1n) is 0.569. The minimum Gasteiger partial charge on any atom is -0.437 e. The van der Waals surface area contributed by atoms with Gasteiger partial charge in [-0.3, -0.25) is 0 Å². The minimum atomic E-state index is -1.53. The Hall–Kier alpha value is 0.330. The van der Waals surface area contributed by atoms with Gasteiger partial charge in [-0.25, -0.2) is 11.2 Å². The van der Waals surface area contributed by atoms with E-state index in [1.54, 1.807) is 0 Å². The van der Waals surface area contributed by atoms with E-state index in [2.05, 4.69) is 16.3 Å². The van der Waals surface area contributed by atoms with Crippen LogP contribution in [0.2, 0.25) is 0 Å². The van der Waals surface area contributed by atoms with Gasteiger partial charge in [0.2, 0.25) is 0 Å². The molecule has 0 rings (SSSR count). The second-order valence-corrected chi connectivity index (χ2v) is 1.77. The number of hydrogen-bond acceptors (Lipinski definition) is 3. The minimum absolute atomic E-state index is 0. The topological polar surface area (TPSA) is 43.1 Å². The monoisotopic (exact) mass is 112 g/mol. The fourth-order valence-electron chi connectivity index (χ4n) is 0. The second-order valence-electron chi connectivity index (χ2n) is 0.260. The van der Waals surface area contributed by atoms with Crippen molar-refractivity contribution in [3.05, 3.63) is 0 Å². The van der Waals surface area contributed by atoms with Gasteiger partial charge in [0.05, 0.1) is 0 Å². The molecule has 0 heterocycles. The van der Waals surface area contributed by atoms with Gasteiger partial charge in [0.25, 0.3) is 0 Å². The van der Waals surface area contributed by atoms with Crippen LogP contribution in [0.5, 0.6) is 0 Å². The summed E-state index contributed by atoms with van der Waals surface area (Å²) in [6, 6.07) is 0. The Balaban J connectivity index is 0. The van der Waals surface area contributed by atoms with Crippen molar-refractivity contribution in [3.63, 3.8) is 0 Å². The molecule has 0 amide bonds. The van der Waals surface area contributed by atoms with Crippen LogP contribution in [0.4, 0.5) is 0 Å². The Bertz CT molecular complexity index is 58.0. The molecule has 0 aliphatic rings. The van der Waals surface area contributed by atoms with E-state index in [-0.39, 0.29) is 7.43 Å². The van der Waals surface area contributed by atoms with E-state index >= 15 is 0 Å². The molecule has 2 nitrogen and oxygen atoms in total. The zero-order valence-corrected chi connectivity index (χ0v) is 3.44. The largest absolute Gasteiger partial charge is 0.437 e. The van der Waals surface area contributed by atoms with Crippen molar-refractivity contribution in [2.75, 3.05) is 0 Å². The average Bonchev–Trinajstić information content (AvgIpc) is 0.811. The second kappa shape index (κ2) is 4.33. The van der Waals surface area contributed by atoms with Crippen LogP contribution in [0.3, 0.4) is 0 Å². The summed E-state index contributed by atoms with van der Waals surface area (Å²) < 4.78 is 9.15. The Kier molecular flexibility index (Phi) is 7.80. The first-order valence-corrected chi connectivity index (χ1v) is 2.71. The predicted molar refractivity (Wildman–Crippen MR) is 26.3 cm³/mol. The van der Waals surface area contributed by atoms with Crippen molar-refractivity contribution in [2.45, 2.75) is 7.43 Å². The van der Waals surface area contributed by atoms with Gasteiger partial charge in [0.1, 0.15) is 0 Å². The molecule has 0 aromatic carbocycles. The van der Waals surface area contributed by atoms with Gasteiger partial charge < -0.3 is 9.35 Å². The fourth-order valence-corrected chi connectivity index (χ4v) is 0. The van der Waals surface area contributed by atoms with Gasteiger partial charge in [0, 0.05) is 0 Å². The highest BCUT2D eigenvalue weighted by Crippen LogP contribution is 1.22. The molecule has 5 heavy (non-hydrogen) atoms. The van der Waals surface area contributed by atoms with Gasteiger partial charge in [-0.15, -0.1) is 9.54 Å². The summed E-state index contributed by atoms with van der Waals surface area (Å²) in [7, 11) is -1.53. The molecule has 0 spiro atoms. The quantitative estimate of drug-likeness (QED) is 0.445. The molecule has 0 saturated carbocycles. The van der Waals surface area contributed by atoms with Crippen molar-refractivity contribution >= 4 is 20.7 Å². The van der Waals surface area contributed by atoms with Crippen LogP contribution in [-0.2, 0) is 24.9 Å². The van der Waals surface area contributed by atoms with Crippen molar-refractivity contribution in [1.82, 2.24) is 0 Å². The molecular formula is CH6NOS2-. The first-order chi connectivity index (χ1) is 1.73. The Morgan fingerprint density at radius 3 is 1.80 bits per heavy atom.